The fraction of sp³-hybridized carbons (Fsp3) is 1.00. The van der Waals surface area contributed by atoms with E-state index in [1.807, 2.05) is 0 Å². The molecule has 4 heteroatoms. The summed E-state index contributed by atoms with van der Waals surface area (Å²) in [5, 5.41) is 22.7. The molecule has 0 aliphatic carbocycles. The first kappa shape index (κ1) is 15.9. The monoisotopic (exact) mass is 258 g/mol. The van der Waals surface area contributed by atoms with E-state index < -0.39 is 12.2 Å². The molecular formula is C14H30N2O2. The van der Waals surface area contributed by atoms with Gasteiger partial charge < -0.3 is 15.5 Å². The van der Waals surface area contributed by atoms with Gasteiger partial charge in [0.1, 0.15) is 0 Å². The van der Waals surface area contributed by atoms with Crippen LogP contribution >= 0.6 is 0 Å². The van der Waals surface area contributed by atoms with Crippen LogP contribution in [0.4, 0.5) is 0 Å². The summed E-state index contributed by atoms with van der Waals surface area (Å²) >= 11 is 0. The molecule has 0 aromatic heterocycles. The summed E-state index contributed by atoms with van der Waals surface area (Å²) in [6.07, 6.45) is 1.07. The number of hydrogen-bond donors (Lipinski definition) is 3. The van der Waals surface area contributed by atoms with Crippen molar-refractivity contribution in [3.8, 4) is 0 Å². The van der Waals surface area contributed by atoms with Crippen LogP contribution in [0.15, 0.2) is 0 Å². The molecule has 0 amide bonds. The number of hydrogen-bond acceptors (Lipinski definition) is 4. The molecule has 0 aromatic rings. The Labute approximate surface area is 111 Å². The van der Waals surface area contributed by atoms with E-state index in [4.69, 9.17) is 0 Å². The molecule has 0 aromatic carbocycles. The highest BCUT2D eigenvalue weighted by atomic mass is 16.3. The minimum absolute atomic E-state index is 0.242. The van der Waals surface area contributed by atoms with Crippen LogP contribution in [0.1, 0.15) is 40.5 Å². The normalized spacial score (nSPS) is 27.7. The van der Waals surface area contributed by atoms with Crippen molar-refractivity contribution in [2.45, 2.75) is 58.8 Å². The molecule has 1 rings (SSSR count). The van der Waals surface area contributed by atoms with Crippen LogP contribution in [0.25, 0.3) is 0 Å². The highest BCUT2D eigenvalue weighted by Gasteiger charge is 2.31. The maximum atomic E-state index is 9.53. The van der Waals surface area contributed by atoms with Crippen molar-refractivity contribution < 1.29 is 10.2 Å². The SMILES string of the molecule is CCCNC(CCN1CC(O)C(O)C1)C(C)(C)C. The molecule has 1 aliphatic heterocycles. The van der Waals surface area contributed by atoms with Crippen LogP contribution in [0.2, 0.25) is 0 Å². The van der Waals surface area contributed by atoms with Gasteiger partial charge in [0.15, 0.2) is 0 Å². The molecule has 0 saturated carbocycles. The Morgan fingerprint density at radius 1 is 1.22 bits per heavy atom. The van der Waals surface area contributed by atoms with Crippen LogP contribution < -0.4 is 5.32 Å². The van der Waals surface area contributed by atoms with E-state index in [2.05, 4.69) is 37.9 Å². The summed E-state index contributed by atoms with van der Waals surface area (Å²) in [4.78, 5) is 2.15. The second-order valence-corrected chi connectivity index (χ2v) is 6.56. The summed E-state index contributed by atoms with van der Waals surface area (Å²) in [6, 6.07) is 0.479. The number of aliphatic hydroxyl groups is 2. The minimum Gasteiger partial charge on any atom is -0.389 e. The lowest BCUT2D eigenvalue weighted by Crippen LogP contribution is -2.43. The molecule has 0 bridgehead atoms. The van der Waals surface area contributed by atoms with Gasteiger partial charge in [0.25, 0.3) is 0 Å². The minimum atomic E-state index is -0.568. The van der Waals surface area contributed by atoms with E-state index in [0.29, 0.717) is 19.1 Å². The van der Waals surface area contributed by atoms with Crippen LogP contribution in [0.5, 0.6) is 0 Å². The standard InChI is InChI=1S/C14H30N2O2/c1-5-7-15-13(14(2,3)4)6-8-16-9-11(17)12(18)10-16/h11-13,15,17-18H,5-10H2,1-4H3. The second-order valence-electron chi connectivity index (χ2n) is 6.56. The molecule has 1 heterocycles. The molecule has 4 nitrogen and oxygen atoms in total. The molecule has 108 valence electrons. The topological polar surface area (TPSA) is 55.7 Å². The van der Waals surface area contributed by atoms with E-state index in [9.17, 15) is 10.2 Å². The van der Waals surface area contributed by atoms with Crippen LogP contribution in [0, 0.1) is 5.41 Å². The van der Waals surface area contributed by atoms with Gasteiger partial charge in [0, 0.05) is 19.1 Å². The van der Waals surface area contributed by atoms with Gasteiger partial charge in [-0.1, -0.05) is 27.7 Å². The van der Waals surface area contributed by atoms with Crippen LogP contribution in [0.3, 0.4) is 0 Å². The van der Waals surface area contributed by atoms with Gasteiger partial charge >= 0.3 is 0 Å². The number of nitrogens with one attached hydrogen (secondary N) is 1. The molecule has 0 radical (unpaired) electrons. The number of likely N-dealkylation sites (tertiary alicyclic amines) is 1. The zero-order valence-electron chi connectivity index (χ0n) is 12.3. The molecule has 0 spiro atoms. The Morgan fingerprint density at radius 3 is 2.22 bits per heavy atom. The molecule has 1 saturated heterocycles. The number of aliphatic hydroxyl groups excluding tert-OH is 2. The van der Waals surface area contributed by atoms with Gasteiger partial charge in [-0.3, -0.25) is 4.90 Å². The van der Waals surface area contributed by atoms with E-state index >= 15 is 0 Å². The Balaban J connectivity index is 2.38. The molecule has 18 heavy (non-hydrogen) atoms. The highest BCUT2D eigenvalue weighted by Crippen LogP contribution is 2.23. The predicted octanol–water partition coefficient (Wildman–Crippen LogP) is 0.828. The summed E-state index contributed by atoms with van der Waals surface area (Å²) in [5.41, 5.74) is 0.242. The first-order chi connectivity index (χ1) is 8.34. The third-order valence-corrected chi connectivity index (χ3v) is 3.75. The van der Waals surface area contributed by atoms with Crippen molar-refractivity contribution in [2.75, 3.05) is 26.2 Å². The van der Waals surface area contributed by atoms with Gasteiger partial charge in [-0.15, -0.1) is 0 Å². The lowest BCUT2D eigenvalue weighted by molar-refractivity contribution is 0.0572. The van der Waals surface area contributed by atoms with Crippen LogP contribution in [-0.2, 0) is 0 Å². The van der Waals surface area contributed by atoms with Crippen molar-refractivity contribution in [3.05, 3.63) is 0 Å². The largest absolute Gasteiger partial charge is 0.389 e. The Hall–Kier alpha value is -0.160. The van der Waals surface area contributed by atoms with Crippen molar-refractivity contribution in [1.82, 2.24) is 10.2 Å². The van der Waals surface area contributed by atoms with Crippen molar-refractivity contribution >= 4 is 0 Å². The fourth-order valence-corrected chi connectivity index (χ4v) is 2.50. The van der Waals surface area contributed by atoms with E-state index in [1.54, 1.807) is 0 Å². The van der Waals surface area contributed by atoms with Crippen molar-refractivity contribution in [3.63, 3.8) is 0 Å². The van der Waals surface area contributed by atoms with Gasteiger partial charge in [0.05, 0.1) is 12.2 Å². The first-order valence-corrected chi connectivity index (χ1v) is 7.16. The average molecular weight is 258 g/mol. The molecular weight excluding hydrogens is 228 g/mol. The molecule has 1 aliphatic rings. The third kappa shape index (κ3) is 4.84. The third-order valence-electron chi connectivity index (χ3n) is 3.75. The first-order valence-electron chi connectivity index (χ1n) is 7.16. The van der Waals surface area contributed by atoms with Gasteiger partial charge in [-0.2, -0.15) is 0 Å². The molecule has 3 N–H and O–H groups in total. The quantitative estimate of drug-likeness (QED) is 0.660. The maximum absolute atomic E-state index is 9.53. The maximum Gasteiger partial charge on any atom is 0.0938 e. The lowest BCUT2D eigenvalue weighted by Gasteiger charge is -2.33. The second kappa shape index (κ2) is 6.85. The molecule has 3 atom stereocenters. The Kier molecular flexibility index (Phi) is 6.05. The van der Waals surface area contributed by atoms with E-state index in [1.165, 1.54) is 0 Å². The van der Waals surface area contributed by atoms with E-state index in [-0.39, 0.29) is 5.41 Å². The average Bonchev–Trinajstić information content (AvgIpc) is 2.56. The van der Waals surface area contributed by atoms with Crippen molar-refractivity contribution in [2.24, 2.45) is 5.41 Å². The number of β-amino-alcohol motifs (C(OH)–C–C–N with tert-alkyl or cyclic N) is 2. The Bertz CT molecular complexity index is 230. The van der Waals surface area contributed by atoms with E-state index in [0.717, 1.165) is 25.9 Å². The summed E-state index contributed by atoms with van der Waals surface area (Å²) in [6.45, 7) is 12.1. The van der Waals surface area contributed by atoms with Gasteiger partial charge in [-0.05, 0) is 31.3 Å². The number of rotatable bonds is 6. The molecule has 3 unspecified atom stereocenters. The summed E-state index contributed by atoms with van der Waals surface area (Å²) in [5.74, 6) is 0. The highest BCUT2D eigenvalue weighted by molar-refractivity contribution is 4.86. The van der Waals surface area contributed by atoms with Crippen molar-refractivity contribution in [1.29, 1.82) is 0 Å². The van der Waals surface area contributed by atoms with Crippen LogP contribution in [-0.4, -0.2) is 59.5 Å². The number of nitrogens with zero attached hydrogens (tertiary/aromatic N) is 1. The Morgan fingerprint density at radius 2 is 1.78 bits per heavy atom. The molecule has 1 fully saturated rings. The predicted molar refractivity (Wildman–Crippen MR) is 74.6 cm³/mol. The van der Waals surface area contributed by atoms with Gasteiger partial charge in [0.2, 0.25) is 0 Å². The smallest absolute Gasteiger partial charge is 0.0938 e. The zero-order valence-corrected chi connectivity index (χ0v) is 12.3. The zero-order chi connectivity index (χ0) is 13.8. The van der Waals surface area contributed by atoms with Gasteiger partial charge in [-0.25, -0.2) is 0 Å². The fourth-order valence-electron chi connectivity index (χ4n) is 2.50. The summed E-state index contributed by atoms with van der Waals surface area (Å²) in [7, 11) is 0. The lowest BCUT2D eigenvalue weighted by atomic mass is 9.84. The summed E-state index contributed by atoms with van der Waals surface area (Å²) < 4.78 is 0.